The number of aromatic nitrogens is 1. The Morgan fingerprint density at radius 1 is 1.32 bits per heavy atom. The molecule has 0 fully saturated rings. The normalized spacial score (nSPS) is 11.4. The average molecular weight is 284 g/mol. The summed E-state index contributed by atoms with van der Waals surface area (Å²) < 4.78 is 4.92. The van der Waals surface area contributed by atoms with Crippen LogP contribution in [-0.2, 0) is 16.0 Å². The number of carbonyl (C=O) groups excluding carboxylic acids is 1. The van der Waals surface area contributed by atoms with Crippen LogP contribution in [0.3, 0.4) is 0 Å². The van der Waals surface area contributed by atoms with Crippen LogP contribution in [0.1, 0.15) is 52.7 Å². The monoisotopic (exact) mass is 284 g/mol. The van der Waals surface area contributed by atoms with Gasteiger partial charge in [0.2, 0.25) is 0 Å². The Bertz CT molecular complexity index is 392. The van der Waals surface area contributed by atoms with Crippen LogP contribution >= 0.6 is 11.3 Å². The Labute approximate surface area is 119 Å². The first-order chi connectivity index (χ1) is 9.09. The summed E-state index contributed by atoms with van der Waals surface area (Å²) >= 11 is 1.55. The zero-order valence-electron chi connectivity index (χ0n) is 12.3. The quantitative estimate of drug-likeness (QED) is 0.741. The summed E-state index contributed by atoms with van der Waals surface area (Å²) in [6.07, 6.45) is 3.44. The molecule has 0 unspecified atom stereocenters. The highest BCUT2D eigenvalue weighted by Gasteiger charge is 2.24. The fraction of sp³-hybridized carbons (Fsp3) is 0.714. The van der Waals surface area contributed by atoms with Gasteiger partial charge in [-0.3, -0.25) is 4.79 Å². The molecule has 5 heteroatoms. The molecular weight excluding hydrogens is 260 g/mol. The van der Waals surface area contributed by atoms with Crippen molar-refractivity contribution in [3.63, 3.8) is 0 Å². The van der Waals surface area contributed by atoms with Crippen molar-refractivity contribution in [1.29, 1.82) is 0 Å². The molecule has 0 aromatic carbocycles. The molecule has 0 aliphatic carbocycles. The van der Waals surface area contributed by atoms with Crippen LogP contribution in [0, 0.1) is 0 Å². The Balaban J connectivity index is 2.66. The second-order valence-electron chi connectivity index (χ2n) is 4.59. The zero-order chi connectivity index (χ0) is 14.3. The smallest absolute Gasteiger partial charge is 0.311 e. The number of rotatable bonds is 8. The van der Waals surface area contributed by atoms with E-state index in [2.05, 4.69) is 31.1 Å². The minimum Gasteiger partial charge on any atom is -0.466 e. The van der Waals surface area contributed by atoms with Crippen LogP contribution in [0.2, 0.25) is 0 Å². The van der Waals surface area contributed by atoms with Crippen LogP contribution in [0.25, 0.3) is 0 Å². The van der Waals surface area contributed by atoms with Gasteiger partial charge >= 0.3 is 5.97 Å². The van der Waals surface area contributed by atoms with E-state index in [1.165, 1.54) is 0 Å². The van der Waals surface area contributed by atoms with Gasteiger partial charge in [-0.1, -0.05) is 20.8 Å². The molecule has 1 heterocycles. The molecule has 19 heavy (non-hydrogen) atoms. The maximum Gasteiger partial charge on any atom is 0.311 e. The van der Waals surface area contributed by atoms with Crippen molar-refractivity contribution in [3.05, 3.63) is 11.1 Å². The van der Waals surface area contributed by atoms with Crippen LogP contribution < -0.4 is 5.32 Å². The maximum absolute atomic E-state index is 11.4. The van der Waals surface area contributed by atoms with Gasteiger partial charge in [-0.2, -0.15) is 0 Å². The van der Waals surface area contributed by atoms with Crippen molar-refractivity contribution in [1.82, 2.24) is 4.98 Å². The molecule has 1 rings (SSSR count). The molecular formula is C14H24N2O2S. The Kier molecular flexibility index (Phi) is 6.28. The molecule has 0 saturated carbocycles. The molecule has 0 saturated heterocycles. The van der Waals surface area contributed by atoms with Gasteiger partial charge in [-0.05, 0) is 26.2 Å². The highest BCUT2D eigenvalue weighted by atomic mass is 32.1. The number of esters is 1. The van der Waals surface area contributed by atoms with E-state index in [9.17, 15) is 4.79 Å². The Morgan fingerprint density at radius 2 is 1.95 bits per heavy atom. The van der Waals surface area contributed by atoms with E-state index in [1.54, 1.807) is 11.3 Å². The summed E-state index contributed by atoms with van der Waals surface area (Å²) in [5.74, 6) is -0.216. The highest BCUT2D eigenvalue weighted by molar-refractivity contribution is 7.13. The van der Waals surface area contributed by atoms with Crippen molar-refractivity contribution in [3.8, 4) is 0 Å². The largest absolute Gasteiger partial charge is 0.466 e. The number of carbonyl (C=O) groups is 1. The summed E-state index contributed by atoms with van der Waals surface area (Å²) in [4.78, 5) is 15.9. The predicted octanol–water partition coefficient (Wildman–Crippen LogP) is 3.63. The summed E-state index contributed by atoms with van der Waals surface area (Å²) in [7, 11) is 0. The molecule has 0 radical (unpaired) electrons. The van der Waals surface area contributed by atoms with Gasteiger partial charge < -0.3 is 10.1 Å². The number of hydrogen-bond donors (Lipinski definition) is 1. The van der Waals surface area contributed by atoms with E-state index >= 15 is 0 Å². The second kappa shape index (κ2) is 7.48. The van der Waals surface area contributed by atoms with Crippen molar-refractivity contribution in [2.24, 2.45) is 0 Å². The van der Waals surface area contributed by atoms with Gasteiger partial charge in [-0.25, -0.2) is 4.98 Å². The minimum atomic E-state index is -0.216. The summed E-state index contributed by atoms with van der Waals surface area (Å²) in [5.41, 5.74) is 0.891. The first-order valence-corrected chi connectivity index (χ1v) is 7.85. The van der Waals surface area contributed by atoms with E-state index < -0.39 is 0 Å². The zero-order valence-corrected chi connectivity index (χ0v) is 13.1. The van der Waals surface area contributed by atoms with Crippen molar-refractivity contribution < 1.29 is 9.53 Å². The van der Waals surface area contributed by atoms with Gasteiger partial charge in [0, 0.05) is 10.9 Å². The van der Waals surface area contributed by atoms with Crippen LogP contribution in [0.15, 0.2) is 5.38 Å². The Morgan fingerprint density at radius 3 is 2.47 bits per heavy atom. The number of thiazole rings is 1. The summed E-state index contributed by atoms with van der Waals surface area (Å²) in [6.45, 7) is 8.79. The lowest BCUT2D eigenvalue weighted by molar-refractivity contribution is -0.142. The second-order valence-corrected chi connectivity index (χ2v) is 5.45. The lowest BCUT2D eigenvalue weighted by atomic mass is 9.90. The first kappa shape index (κ1) is 16.0. The molecule has 0 amide bonds. The van der Waals surface area contributed by atoms with Crippen molar-refractivity contribution >= 4 is 22.4 Å². The Hall–Kier alpha value is -1.10. The maximum atomic E-state index is 11.4. The third-order valence-corrected chi connectivity index (χ3v) is 4.39. The van der Waals surface area contributed by atoms with Gasteiger partial charge in [0.15, 0.2) is 5.13 Å². The van der Waals surface area contributed by atoms with Gasteiger partial charge in [0.1, 0.15) is 0 Å². The molecule has 1 aromatic heterocycles. The first-order valence-electron chi connectivity index (χ1n) is 6.97. The SMILES string of the molecule is CCOC(=O)Cc1csc(NC(CC)(CC)CC)n1. The van der Waals surface area contributed by atoms with E-state index in [1.807, 2.05) is 12.3 Å². The fourth-order valence-corrected chi connectivity index (χ4v) is 2.88. The van der Waals surface area contributed by atoms with Crippen molar-refractivity contribution in [2.45, 2.75) is 58.9 Å². The number of ether oxygens (including phenoxy) is 1. The molecule has 0 bridgehead atoms. The summed E-state index contributed by atoms with van der Waals surface area (Å²) in [6, 6.07) is 0. The molecule has 1 aromatic rings. The van der Waals surface area contributed by atoms with Gasteiger partial charge in [0.05, 0.1) is 18.7 Å². The van der Waals surface area contributed by atoms with Gasteiger partial charge in [0.25, 0.3) is 0 Å². The van der Waals surface area contributed by atoms with Crippen LogP contribution in [-0.4, -0.2) is 23.1 Å². The van der Waals surface area contributed by atoms with Gasteiger partial charge in [-0.15, -0.1) is 11.3 Å². The van der Waals surface area contributed by atoms with E-state index in [0.717, 1.165) is 30.1 Å². The number of anilines is 1. The van der Waals surface area contributed by atoms with E-state index in [4.69, 9.17) is 4.74 Å². The number of nitrogens with one attached hydrogen (secondary N) is 1. The predicted molar refractivity (Wildman–Crippen MR) is 79.7 cm³/mol. The van der Waals surface area contributed by atoms with E-state index in [-0.39, 0.29) is 17.9 Å². The third kappa shape index (κ3) is 4.49. The fourth-order valence-electron chi connectivity index (χ4n) is 2.05. The summed E-state index contributed by atoms with van der Waals surface area (Å²) in [5, 5.41) is 6.34. The van der Waals surface area contributed by atoms with E-state index in [0.29, 0.717) is 6.61 Å². The topological polar surface area (TPSA) is 51.2 Å². The molecule has 0 aliphatic rings. The lowest BCUT2D eigenvalue weighted by Gasteiger charge is -2.31. The molecule has 1 N–H and O–H groups in total. The molecule has 4 nitrogen and oxygen atoms in total. The molecule has 0 atom stereocenters. The average Bonchev–Trinajstić information content (AvgIpc) is 2.83. The minimum absolute atomic E-state index is 0.110. The molecule has 0 spiro atoms. The molecule has 108 valence electrons. The van der Waals surface area contributed by atoms with Crippen LogP contribution in [0.4, 0.5) is 5.13 Å². The number of nitrogens with zero attached hydrogens (tertiary/aromatic N) is 1. The highest BCUT2D eigenvalue weighted by Crippen LogP contribution is 2.27. The molecule has 0 aliphatic heterocycles. The number of hydrogen-bond acceptors (Lipinski definition) is 5. The third-order valence-electron chi connectivity index (χ3n) is 3.58. The lowest BCUT2D eigenvalue weighted by Crippen LogP contribution is -2.36. The van der Waals surface area contributed by atoms with Crippen LogP contribution in [0.5, 0.6) is 0 Å². The van der Waals surface area contributed by atoms with Crippen molar-refractivity contribution in [2.75, 3.05) is 11.9 Å². The standard InChI is InChI=1S/C14H24N2O2S/c1-5-14(6-2,7-3)16-13-15-11(10-19-13)9-12(17)18-8-4/h10H,5-9H2,1-4H3,(H,15,16).